The smallest absolute Gasteiger partial charge is 0.0830 e. The summed E-state index contributed by atoms with van der Waals surface area (Å²) in [6, 6.07) is 23.3. The average molecular weight is 260 g/mol. The Labute approximate surface area is 119 Å². The van der Waals surface area contributed by atoms with E-state index < -0.39 is 0 Å². The summed E-state index contributed by atoms with van der Waals surface area (Å²) in [5.41, 5.74) is 3.63. The molecule has 20 heavy (non-hydrogen) atoms. The van der Waals surface area contributed by atoms with E-state index in [9.17, 15) is 0 Å². The van der Waals surface area contributed by atoms with Crippen molar-refractivity contribution in [3.8, 4) is 11.1 Å². The molecular formula is C19H16O. The molecule has 3 aromatic rings. The van der Waals surface area contributed by atoms with E-state index >= 15 is 0 Å². The maximum atomic E-state index is 5.02. The fraction of sp³-hybridized carbons (Fsp3) is 0.0526. The quantitative estimate of drug-likeness (QED) is 0.594. The molecule has 0 radical (unpaired) electrons. The van der Waals surface area contributed by atoms with Crippen molar-refractivity contribution in [2.45, 2.75) is 0 Å². The first-order valence-electron chi connectivity index (χ1n) is 6.66. The molecule has 3 aromatic carbocycles. The summed E-state index contributed by atoms with van der Waals surface area (Å²) in [5.74, 6) is 0. The lowest BCUT2D eigenvalue weighted by atomic mass is 9.95. The average Bonchev–Trinajstić information content (AvgIpc) is 2.53. The molecule has 98 valence electrons. The zero-order chi connectivity index (χ0) is 13.8. The van der Waals surface area contributed by atoms with Crippen LogP contribution in [0.4, 0.5) is 0 Å². The molecule has 0 fully saturated rings. The van der Waals surface area contributed by atoms with Crippen LogP contribution in [0, 0.1) is 0 Å². The maximum Gasteiger partial charge on any atom is 0.0830 e. The van der Waals surface area contributed by atoms with Crippen molar-refractivity contribution < 1.29 is 4.74 Å². The molecule has 0 saturated heterocycles. The van der Waals surface area contributed by atoms with Crippen molar-refractivity contribution in [3.63, 3.8) is 0 Å². The van der Waals surface area contributed by atoms with E-state index in [1.165, 1.54) is 21.9 Å². The molecule has 0 aliphatic rings. The summed E-state index contributed by atoms with van der Waals surface area (Å²) >= 11 is 0. The summed E-state index contributed by atoms with van der Waals surface area (Å²) in [7, 11) is 1.66. The third kappa shape index (κ3) is 2.43. The Balaban J connectivity index is 2.25. The minimum Gasteiger partial charge on any atom is -0.504 e. The Kier molecular flexibility index (Phi) is 3.51. The molecule has 0 unspecified atom stereocenters. The van der Waals surface area contributed by atoms with Crippen LogP contribution in [0.3, 0.4) is 0 Å². The molecule has 0 bridgehead atoms. The monoisotopic (exact) mass is 260 g/mol. The van der Waals surface area contributed by atoms with Crippen LogP contribution >= 0.6 is 0 Å². The van der Waals surface area contributed by atoms with Gasteiger partial charge in [0.05, 0.1) is 13.4 Å². The molecule has 3 rings (SSSR count). The van der Waals surface area contributed by atoms with E-state index in [2.05, 4.69) is 60.7 Å². The van der Waals surface area contributed by atoms with Gasteiger partial charge in [-0.3, -0.25) is 0 Å². The number of fused-ring (bicyclic) bond motifs is 1. The fourth-order valence-corrected chi connectivity index (χ4v) is 2.43. The SMILES string of the molecule is CO/C=C/c1cc(-c2ccccc2)c2ccccc2c1. The number of ether oxygens (including phenoxy) is 1. The molecule has 0 amide bonds. The molecule has 0 atom stereocenters. The highest BCUT2D eigenvalue weighted by Crippen LogP contribution is 2.30. The first-order valence-corrected chi connectivity index (χ1v) is 6.66. The number of methoxy groups -OCH3 is 1. The third-order valence-corrected chi connectivity index (χ3v) is 3.37. The number of benzene rings is 3. The van der Waals surface area contributed by atoms with Crippen LogP contribution in [0.2, 0.25) is 0 Å². The van der Waals surface area contributed by atoms with E-state index in [1.54, 1.807) is 13.4 Å². The van der Waals surface area contributed by atoms with Crippen molar-refractivity contribution >= 4 is 16.8 Å². The summed E-state index contributed by atoms with van der Waals surface area (Å²) < 4.78 is 5.02. The highest BCUT2D eigenvalue weighted by molar-refractivity contribution is 5.98. The molecule has 1 heteroatoms. The van der Waals surface area contributed by atoms with Gasteiger partial charge in [-0.05, 0) is 45.7 Å². The molecule has 0 aliphatic heterocycles. The number of rotatable bonds is 3. The lowest BCUT2D eigenvalue weighted by Crippen LogP contribution is -1.84. The van der Waals surface area contributed by atoms with Gasteiger partial charge in [0, 0.05) is 0 Å². The van der Waals surface area contributed by atoms with Gasteiger partial charge < -0.3 is 4.74 Å². The van der Waals surface area contributed by atoms with Gasteiger partial charge in [0.15, 0.2) is 0 Å². The summed E-state index contributed by atoms with van der Waals surface area (Å²) in [4.78, 5) is 0. The summed E-state index contributed by atoms with van der Waals surface area (Å²) in [5, 5.41) is 2.51. The van der Waals surface area contributed by atoms with Gasteiger partial charge in [0.25, 0.3) is 0 Å². The molecule has 0 aromatic heterocycles. The molecule has 0 saturated carbocycles. The Hall–Kier alpha value is -2.54. The van der Waals surface area contributed by atoms with Crippen LogP contribution < -0.4 is 0 Å². The van der Waals surface area contributed by atoms with Gasteiger partial charge in [-0.25, -0.2) is 0 Å². The van der Waals surface area contributed by atoms with E-state index in [1.807, 2.05) is 12.1 Å². The van der Waals surface area contributed by atoms with Crippen molar-refractivity contribution in [1.29, 1.82) is 0 Å². The Bertz CT molecular complexity index is 742. The standard InChI is InChI=1S/C19H16O/c1-20-12-11-15-13-17-9-5-6-10-18(17)19(14-15)16-7-3-2-4-8-16/h2-14H,1H3/b12-11+. The van der Waals surface area contributed by atoms with Crippen LogP contribution in [0.15, 0.2) is 73.0 Å². The Morgan fingerprint density at radius 1 is 0.850 bits per heavy atom. The first-order chi connectivity index (χ1) is 9.88. The van der Waals surface area contributed by atoms with Crippen molar-refractivity contribution in [2.75, 3.05) is 7.11 Å². The van der Waals surface area contributed by atoms with Crippen LogP contribution in [-0.4, -0.2) is 7.11 Å². The van der Waals surface area contributed by atoms with Crippen LogP contribution in [0.5, 0.6) is 0 Å². The second-order valence-corrected chi connectivity index (χ2v) is 4.69. The van der Waals surface area contributed by atoms with Gasteiger partial charge >= 0.3 is 0 Å². The molecule has 0 spiro atoms. The van der Waals surface area contributed by atoms with Crippen LogP contribution in [-0.2, 0) is 4.74 Å². The summed E-state index contributed by atoms with van der Waals surface area (Å²) in [6.45, 7) is 0. The predicted octanol–water partition coefficient (Wildman–Crippen LogP) is 5.12. The van der Waals surface area contributed by atoms with Gasteiger partial charge in [0.2, 0.25) is 0 Å². The second kappa shape index (κ2) is 5.62. The topological polar surface area (TPSA) is 9.23 Å². The minimum absolute atomic E-state index is 1.14. The lowest BCUT2D eigenvalue weighted by molar-refractivity contribution is 0.341. The molecular weight excluding hydrogens is 244 g/mol. The van der Waals surface area contributed by atoms with Gasteiger partial charge in [-0.1, -0.05) is 54.6 Å². The fourth-order valence-electron chi connectivity index (χ4n) is 2.43. The van der Waals surface area contributed by atoms with E-state index in [-0.39, 0.29) is 0 Å². The van der Waals surface area contributed by atoms with Gasteiger partial charge in [-0.2, -0.15) is 0 Å². The normalized spacial score (nSPS) is 11.1. The molecule has 1 nitrogen and oxygen atoms in total. The third-order valence-electron chi connectivity index (χ3n) is 3.37. The predicted molar refractivity (Wildman–Crippen MR) is 85.4 cm³/mol. The van der Waals surface area contributed by atoms with E-state index in [0.29, 0.717) is 0 Å². The number of hydrogen-bond donors (Lipinski definition) is 0. The van der Waals surface area contributed by atoms with Crippen LogP contribution in [0.1, 0.15) is 5.56 Å². The molecule has 0 heterocycles. The van der Waals surface area contributed by atoms with Crippen molar-refractivity contribution in [1.82, 2.24) is 0 Å². The first kappa shape index (κ1) is 12.5. The molecule has 0 aliphatic carbocycles. The zero-order valence-corrected chi connectivity index (χ0v) is 11.4. The maximum absolute atomic E-state index is 5.02. The Morgan fingerprint density at radius 2 is 1.60 bits per heavy atom. The number of hydrogen-bond acceptors (Lipinski definition) is 1. The molecule has 0 N–H and O–H groups in total. The van der Waals surface area contributed by atoms with Gasteiger partial charge in [-0.15, -0.1) is 0 Å². The minimum atomic E-state index is 1.14. The highest BCUT2D eigenvalue weighted by Gasteiger charge is 2.04. The lowest BCUT2D eigenvalue weighted by Gasteiger charge is -2.09. The van der Waals surface area contributed by atoms with Crippen molar-refractivity contribution in [2.24, 2.45) is 0 Å². The van der Waals surface area contributed by atoms with E-state index in [0.717, 1.165) is 5.56 Å². The van der Waals surface area contributed by atoms with Gasteiger partial charge in [0.1, 0.15) is 0 Å². The largest absolute Gasteiger partial charge is 0.504 e. The van der Waals surface area contributed by atoms with Crippen molar-refractivity contribution in [3.05, 3.63) is 78.6 Å². The second-order valence-electron chi connectivity index (χ2n) is 4.69. The summed E-state index contributed by atoms with van der Waals surface area (Å²) in [6.07, 6.45) is 3.69. The zero-order valence-electron chi connectivity index (χ0n) is 11.4. The van der Waals surface area contributed by atoms with E-state index in [4.69, 9.17) is 4.74 Å². The van der Waals surface area contributed by atoms with Crippen LogP contribution in [0.25, 0.3) is 28.0 Å². The Morgan fingerprint density at radius 3 is 2.40 bits per heavy atom. The highest BCUT2D eigenvalue weighted by atomic mass is 16.5.